The van der Waals surface area contributed by atoms with Crippen LogP contribution in [0.4, 0.5) is 0 Å². The lowest BCUT2D eigenvalue weighted by molar-refractivity contribution is -0.158. The standard InChI is InChI=1S/C25H27N3O5/c1-3-32-24(30)25(12-6-14-28(17-25)23(29)21-7-4-5-13-26-21)16-20-15-22(27-33-20)18-8-10-19(31-2)11-9-18/h4-5,7-11,13,15H,3,6,12,14,16-17H2,1-2H3/t25-/m1/s1. The highest BCUT2D eigenvalue weighted by Gasteiger charge is 2.46. The average molecular weight is 450 g/mol. The lowest BCUT2D eigenvalue weighted by Gasteiger charge is -2.40. The van der Waals surface area contributed by atoms with Gasteiger partial charge in [0.05, 0.1) is 19.1 Å². The fourth-order valence-electron chi connectivity index (χ4n) is 4.25. The summed E-state index contributed by atoms with van der Waals surface area (Å²) in [5.74, 6) is 0.802. The van der Waals surface area contributed by atoms with E-state index in [9.17, 15) is 9.59 Å². The molecule has 1 saturated heterocycles. The van der Waals surface area contributed by atoms with Crippen LogP contribution in [0.3, 0.4) is 0 Å². The van der Waals surface area contributed by atoms with Gasteiger partial charge in [-0.2, -0.15) is 0 Å². The number of methoxy groups -OCH3 is 1. The molecule has 1 aliphatic heterocycles. The number of hydrogen-bond acceptors (Lipinski definition) is 7. The summed E-state index contributed by atoms with van der Waals surface area (Å²) in [6, 6.07) is 14.6. The molecule has 33 heavy (non-hydrogen) atoms. The zero-order valence-electron chi connectivity index (χ0n) is 18.8. The highest BCUT2D eigenvalue weighted by molar-refractivity contribution is 5.93. The molecular weight excluding hydrogens is 422 g/mol. The van der Waals surface area contributed by atoms with Gasteiger partial charge in [-0.1, -0.05) is 11.2 Å². The molecule has 1 fully saturated rings. The Morgan fingerprint density at radius 1 is 1.18 bits per heavy atom. The lowest BCUT2D eigenvalue weighted by atomic mass is 9.76. The quantitative estimate of drug-likeness (QED) is 0.507. The van der Waals surface area contributed by atoms with Gasteiger partial charge in [0.15, 0.2) is 0 Å². The van der Waals surface area contributed by atoms with E-state index < -0.39 is 5.41 Å². The van der Waals surface area contributed by atoms with Gasteiger partial charge in [0.1, 0.15) is 22.9 Å². The molecule has 2 aromatic heterocycles. The Morgan fingerprint density at radius 2 is 2.00 bits per heavy atom. The molecule has 1 aliphatic rings. The van der Waals surface area contributed by atoms with Crippen molar-refractivity contribution in [2.75, 3.05) is 26.8 Å². The number of rotatable bonds is 7. The second-order valence-electron chi connectivity index (χ2n) is 8.13. The summed E-state index contributed by atoms with van der Waals surface area (Å²) < 4.78 is 16.2. The minimum Gasteiger partial charge on any atom is -0.497 e. The topological polar surface area (TPSA) is 94.8 Å². The lowest BCUT2D eigenvalue weighted by Crippen LogP contribution is -2.51. The minimum atomic E-state index is -0.907. The molecule has 0 N–H and O–H groups in total. The van der Waals surface area contributed by atoms with Crippen LogP contribution in [0.25, 0.3) is 11.3 Å². The molecule has 0 saturated carbocycles. The van der Waals surface area contributed by atoms with Gasteiger partial charge in [-0.3, -0.25) is 14.6 Å². The molecule has 8 nitrogen and oxygen atoms in total. The van der Waals surface area contributed by atoms with Crippen molar-refractivity contribution in [1.29, 1.82) is 0 Å². The molecule has 0 radical (unpaired) electrons. The monoisotopic (exact) mass is 449 g/mol. The van der Waals surface area contributed by atoms with Crippen LogP contribution in [-0.2, 0) is 16.0 Å². The summed E-state index contributed by atoms with van der Waals surface area (Å²) in [5, 5.41) is 4.19. The van der Waals surface area contributed by atoms with Crippen LogP contribution in [0.2, 0.25) is 0 Å². The van der Waals surface area contributed by atoms with Gasteiger partial charge in [0.2, 0.25) is 0 Å². The average Bonchev–Trinajstić information content (AvgIpc) is 3.32. The Labute approximate surface area is 192 Å². The van der Waals surface area contributed by atoms with Crippen LogP contribution in [0.15, 0.2) is 59.3 Å². The summed E-state index contributed by atoms with van der Waals surface area (Å²) in [4.78, 5) is 32.0. The van der Waals surface area contributed by atoms with Crippen molar-refractivity contribution in [2.45, 2.75) is 26.2 Å². The second-order valence-corrected chi connectivity index (χ2v) is 8.13. The van der Waals surface area contributed by atoms with Gasteiger partial charge >= 0.3 is 5.97 Å². The van der Waals surface area contributed by atoms with Crippen LogP contribution in [0.5, 0.6) is 5.75 Å². The zero-order valence-corrected chi connectivity index (χ0v) is 18.8. The van der Waals surface area contributed by atoms with Crippen molar-refractivity contribution in [3.8, 4) is 17.0 Å². The number of esters is 1. The normalized spacial score (nSPS) is 18.1. The first-order valence-corrected chi connectivity index (χ1v) is 11.0. The maximum Gasteiger partial charge on any atom is 0.314 e. The zero-order chi connectivity index (χ0) is 23.3. The molecule has 0 unspecified atom stereocenters. The molecule has 0 aliphatic carbocycles. The minimum absolute atomic E-state index is 0.194. The number of ether oxygens (including phenoxy) is 2. The number of likely N-dealkylation sites (tertiary alicyclic amines) is 1. The molecule has 0 bridgehead atoms. The van der Waals surface area contributed by atoms with E-state index in [1.165, 1.54) is 0 Å². The first-order chi connectivity index (χ1) is 16.0. The van der Waals surface area contributed by atoms with Gasteiger partial charge in [0.25, 0.3) is 5.91 Å². The molecule has 8 heteroatoms. The van der Waals surface area contributed by atoms with Crippen molar-refractivity contribution in [1.82, 2.24) is 15.0 Å². The van der Waals surface area contributed by atoms with Gasteiger partial charge in [-0.05, 0) is 56.2 Å². The predicted molar refractivity (Wildman–Crippen MR) is 121 cm³/mol. The second kappa shape index (κ2) is 9.85. The first kappa shape index (κ1) is 22.5. The van der Waals surface area contributed by atoms with Crippen LogP contribution >= 0.6 is 0 Å². The largest absolute Gasteiger partial charge is 0.497 e. The number of piperidine rings is 1. The molecule has 1 atom stereocenters. The first-order valence-electron chi connectivity index (χ1n) is 11.0. The van der Waals surface area contributed by atoms with Crippen molar-refractivity contribution in [2.24, 2.45) is 5.41 Å². The summed E-state index contributed by atoms with van der Waals surface area (Å²) in [7, 11) is 1.62. The van der Waals surface area contributed by atoms with Gasteiger partial charge < -0.3 is 18.9 Å². The van der Waals surface area contributed by atoms with E-state index in [0.717, 1.165) is 11.3 Å². The number of carbonyl (C=O) groups excluding carboxylic acids is 2. The summed E-state index contributed by atoms with van der Waals surface area (Å²) in [6.45, 7) is 2.84. The summed E-state index contributed by atoms with van der Waals surface area (Å²) in [6.07, 6.45) is 3.15. The van der Waals surface area contributed by atoms with E-state index in [1.807, 2.05) is 30.3 Å². The number of hydrogen-bond donors (Lipinski definition) is 0. The Hall–Kier alpha value is -3.68. The maximum absolute atomic E-state index is 13.1. The van der Waals surface area contributed by atoms with E-state index in [1.54, 1.807) is 43.3 Å². The molecule has 3 heterocycles. The Kier molecular flexibility index (Phi) is 6.72. The summed E-state index contributed by atoms with van der Waals surface area (Å²) in [5.41, 5.74) is 1.00. The third kappa shape index (κ3) is 4.89. The predicted octanol–water partition coefficient (Wildman–Crippen LogP) is 3.77. The molecule has 172 valence electrons. The molecule has 0 spiro atoms. The summed E-state index contributed by atoms with van der Waals surface area (Å²) >= 11 is 0. The highest BCUT2D eigenvalue weighted by Crippen LogP contribution is 2.36. The number of pyridine rings is 1. The maximum atomic E-state index is 13.1. The van der Waals surface area contributed by atoms with Gasteiger partial charge in [0, 0.05) is 37.3 Å². The van der Waals surface area contributed by atoms with Gasteiger partial charge in [-0.15, -0.1) is 0 Å². The van der Waals surface area contributed by atoms with Crippen molar-refractivity contribution in [3.05, 3.63) is 66.2 Å². The highest BCUT2D eigenvalue weighted by atomic mass is 16.5. The fourth-order valence-corrected chi connectivity index (χ4v) is 4.25. The number of nitrogens with zero attached hydrogens (tertiary/aromatic N) is 3. The van der Waals surface area contributed by atoms with E-state index in [4.69, 9.17) is 14.0 Å². The number of carbonyl (C=O) groups is 2. The fraction of sp³-hybridized carbons (Fsp3) is 0.360. The number of aromatic nitrogens is 2. The molecule has 1 amide bonds. The SMILES string of the molecule is CCOC(=O)[C@@]1(Cc2cc(-c3ccc(OC)cc3)no2)CCCN(C(=O)c2ccccn2)C1. The van der Waals surface area contributed by atoms with Crippen molar-refractivity contribution in [3.63, 3.8) is 0 Å². The van der Waals surface area contributed by atoms with Crippen molar-refractivity contribution >= 4 is 11.9 Å². The van der Waals surface area contributed by atoms with E-state index in [0.29, 0.717) is 43.0 Å². The number of amides is 1. The molecule has 3 aromatic rings. The Balaban J connectivity index is 1.57. The van der Waals surface area contributed by atoms with E-state index in [2.05, 4.69) is 10.1 Å². The van der Waals surface area contributed by atoms with Gasteiger partial charge in [-0.25, -0.2) is 0 Å². The third-order valence-corrected chi connectivity index (χ3v) is 5.91. The molecular formula is C25H27N3O5. The van der Waals surface area contributed by atoms with Crippen LogP contribution < -0.4 is 4.74 Å². The van der Waals surface area contributed by atoms with E-state index >= 15 is 0 Å². The third-order valence-electron chi connectivity index (χ3n) is 5.91. The van der Waals surface area contributed by atoms with Crippen molar-refractivity contribution < 1.29 is 23.6 Å². The van der Waals surface area contributed by atoms with Crippen LogP contribution in [-0.4, -0.2) is 53.7 Å². The number of benzene rings is 1. The molecule has 1 aromatic carbocycles. The molecule has 4 rings (SSSR count). The van der Waals surface area contributed by atoms with Crippen LogP contribution in [0, 0.1) is 5.41 Å². The Morgan fingerprint density at radius 3 is 2.70 bits per heavy atom. The van der Waals surface area contributed by atoms with E-state index in [-0.39, 0.29) is 25.0 Å². The Bertz CT molecular complexity index is 1100. The van der Waals surface area contributed by atoms with Crippen LogP contribution in [0.1, 0.15) is 36.0 Å². The smallest absolute Gasteiger partial charge is 0.314 e.